The Bertz CT molecular complexity index is 728. The molecular weight excluding hydrogens is 302 g/mol. The van der Waals surface area contributed by atoms with Gasteiger partial charge in [0.05, 0.1) is 12.8 Å². The van der Waals surface area contributed by atoms with Crippen molar-refractivity contribution in [3.05, 3.63) is 52.8 Å². The predicted molar refractivity (Wildman–Crippen MR) is 97.0 cm³/mol. The van der Waals surface area contributed by atoms with Crippen LogP contribution in [0.4, 0.5) is 0 Å². The molecule has 0 atom stereocenters. The molecule has 0 spiro atoms. The number of carbonyl (C=O) groups excluding carboxylic acids is 1. The molecule has 1 aromatic carbocycles. The van der Waals surface area contributed by atoms with Crippen molar-refractivity contribution in [2.45, 2.75) is 40.7 Å². The molecule has 2 aromatic rings. The molecular formula is C19H25N3O2. The van der Waals surface area contributed by atoms with Gasteiger partial charge in [-0.15, -0.1) is 0 Å². The summed E-state index contributed by atoms with van der Waals surface area (Å²) >= 11 is 0. The van der Waals surface area contributed by atoms with E-state index in [9.17, 15) is 4.79 Å². The van der Waals surface area contributed by atoms with Gasteiger partial charge in [0, 0.05) is 28.6 Å². The van der Waals surface area contributed by atoms with Crippen LogP contribution >= 0.6 is 0 Å². The number of amides is 1. The molecule has 1 heterocycles. The number of aromatic nitrogens is 1. The molecule has 0 unspecified atom stereocenters. The minimum atomic E-state index is -0.244. The van der Waals surface area contributed by atoms with E-state index in [2.05, 4.69) is 48.9 Å². The van der Waals surface area contributed by atoms with Crippen LogP contribution in [-0.2, 0) is 0 Å². The highest BCUT2D eigenvalue weighted by atomic mass is 16.5. The molecule has 24 heavy (non-hydrogen) atoms. The fourth-order valence-electron chi connectivity index (χ4n) is 2.82. The van der Waals surface area contributed by atoms with Crippen LogP contribution in [0.15, 0.2) is 35.4 Å². The van der Waals surface area contributed by atoms with Crippen LogP contribution in [0.1, 0.15) is 54.1 Å². The summed E-state index contributed by atoms with van der Waals surface area (Å²) in [5, 5.41) is 4.08. The fraction of sp³-hybridized carbons (Fsp3) is 0.368. The zero-order chi connectivity index (χ0) is 17.7. The molecule has 2 rings (SSSR count). The quantitative estimate of drug-likeness (QED) is 0.647. The third-order valence-electron chi connectivity index (χ3n) is 3.84. The maximum atomic E-state index is 12.1. The second kappa shape index (κ2) is 7.81. The summed E-state index contributed by atoms with van der Waals surface area (Å²) in [5.41, 5.74) is 6.44. The number of hydrogen-bond donors (Lipinski definition) is 1. The van der Waals surface area contributed by atoms with Crippen molar-refractivity contribution in [2.24, 2.45) is 5.10 Å². The molecule has 5 heteroatoms. The smallest absolute Gasteiger partial charge is 0.271 e. The lowest BCUT2D eigenvalue weighted by Gasteiger charge is -2.13. The van der Waals surface area contributed by atoms with Crippen LogP contribution in [0.3, 0.4) is 0 Å². The normalized spacial score (nSPS) is 11.2. The molecule has 128 valence electrons. The average Bonchev–Trinajstić information content (AvgIpc) is 2.82. The van der Waals surface area contributed by atoms with Crippen LogP contribution in [-0.4, -0.2) is 23.3 Å². The van der Waals surface area contributed by atoms with Gasteiger partial charge in [-0.3, -0.25) is 4.79 Å². The second-order valence-corrected chi connectivity index (χ2v) is 5.95. The van der Waals surface area contributed by atoms with E-state index in [0.717, 1.165) is 17.0 Å². The fourth-order valence-corrected chi connectivity index (χ4v) is 2.82. The van der Waals surface area contributed by atoms with Crippen molar-refractivity contribution in [3.8, 4) is 5.75 Å². The Morgan fingerprint density at radius 1 is 1.29 bits per heavy atom. The Labute approximate surface area is 143 Å². The lowest BCUT2D eigenvalue weighted by Crippen LogP contribution is -2.17. The molecule has 0 aliphatic rings. The van der Waals surface area contributed by atoms with Crippen LogP contribution in [0.25, 0.3) is 0 Å². The van der Waals surface area contributed by atoms with Crippen LogP contribution in [0, 0.1) is 13.8 Å². The third kappa shape index (κ3) is 4.04. The number of carbonyl (C=O) groups is 1. The molecule has 1 N–H and O–H groups in total. The number of hydrazone groups is 1. The van der Waals surface area contributed by atoms with E-state index in [4.69, 9.17) is 4.74 Å². The lowest BCUT2D eigenvalue weighted by molar-refractivity contribution is 0.0955. The molecule has 1 aromatic heterocycles. The molecule has 1 amide bonds. The van der Waals surface area contributed by atoms with Gasteiger partial charge >= 0.3 is 0 Å². The zero-order valence-corrected chi connectivity index (χ0v) is 15.0. The molecule has 0 saturated carbocycles. The van der Waals surface area contributed by atoms with E-state index in [1.165, 1.54) is 5.69 Å². The molecule has 0 bridgehead atoms. The van der Waals surface area contributed by atoms with Gasteiger partial charge in [-0.25, -0.2) is 5.43 Å². The maximum absolute atomic E-state index is 12.1. The summed E-state index contributed by atoms with van der Waals surface area (Å²) in [4.78, 5) is 12.1. The number of ether oxygens (including phenoxy) is 1. The number of hydrogen-bond acceptors (Lipinski definition) is 3. The van der Waals surface area contributed by atoms with Crippen molar-refractivity contribution in [3.63, 3.8) is 0 Å². The number of aryl methyl sites for hydroxylation is 1. The first-order valence-electron chi connectivity index (χ1n) is 8.18. The molecule has 5 nitrogen and oxygen atoms in total. The standard InChI is InChI=1S/C19H25N3O2/c1-6-24-18-9-7-16(8-10-18)19(23)21-20-12-17-11-14(4)22(13(2)3)15(17)5/h7-13H,6H2,1-5H3,(H,21,23)/b20-12-. The molecule has 0 saturated heterocycles. The Morgan fingerprint density at radius 2 is 1.96 bits per heavy atom. The summed E-state index contributed by atoms with van der Waals surface area (Å²) in [6.45, 7) is 10.9. The first-order chi connectivity index (χ1) is 11.4. The highest BCUT2D eigenvalue weighted by molar-refractivity contribution is 5.95. The Hall–Kier alpha value is -2.56. The first-order valence-corrected chi connectivity index (χ1v) is 8.18. The van der Waals surface area contributed by atoms with Crippen LogP contribution in [0.5, 0.6) is 5.75 Å². The van der Waals surface area contributed by atoms with Crippen LogP contribution in [0.2, 0.25) is 0 Å². The van der Waals surface area contributed by atoms with Crippen molar-refractivity contribution < 1.29 is 9.53 Å². The Morgan fingerprint density at radius 3 is 2.50 bits per heavy atom. The second-order valence-electron chi connectivity index (χ2n) is 5.95. The predicted octanol–water partition coefficient (Wildman–Crippen LogP) is 3.85. The first kappa shape index (κ1) is 17.8. The van der Waals surface area contributed by atoms with Gasteiger partial charge in [0.1, 0.15) is 5.75 Å². The van der Waals surface area contributed by atoms with Gasteiger partial charge in [-0.1, -0.05) is 0 Å². The molecule has 0 aliphatic carbocycles. The van der Waals surface area contributed by atoms with Crippen molar-refractivity contribution in [2.75, 3.05) is 6.61 Å². The van der Waals surface area contributed by atoms with Crippen LogP contribution < -0.4 is 10.2 Å². The third-order valence-corrected chi connectivity index (χ3v) is 3.84. The molecule has 0 aliphatic heterocycles. The summed E-state index contributed by atoms with van der Waals surface area (Å²) < 4.78 is 7.61. The molecule has 0 radical (unpaired) electrons. The molecule has 0 fully saturated rings. The summed E-state index contributed by atoms with van der Waals surface area (Å²) in [5.74, 6) is 0.505. The van der Waals surface area contributed by atoms with E-state index in [1.54, 1.807) is 30.5 Å². The number of nitrogens with zero attached hydrogens (tertiary/aromatic N) is 2. The zero-order valence-electron chi connectivity index (χ0n) is 15.0. The van der Waals surface area contributed by atoms with Gasteiger partial charge < -0.3 is 9.30 Å². The van der Waals surface area contributed by atoms with Gasteiger partial charge in [-0.2, -0.15) is 5.10 Å². The number of benzene rings is 1. The van der Waals surface area contributed by atoms with Gasteiger partial charge in [0.25, 0.3) is 5.91 Å². The highest BCUT2D eigenvalue weighted by Gasteiger charge is 2.10. The largest absolute Gasteiger partial charge is 0.494 e. The van der Waals surface area contributed by atoms with E-state index in [0.29, 0.717) is 18.2 Å². The van der Waals surface area contributed by atoms with E-state index >= 15 is 0 Å². The van der Waals surface area contributed by atoms with Crippen molar-refractivity contribution in [1.82, 2.24) is 9.99 Å². The monoisotopic (exact) mass is 327 g/mol. The Kier molecular flexibility index (Phi) is 5.79. The van der Waals surface area contributed by atoms with E-state index < -0.39 is 0 Å². The topological polar surface area (TPSA) is 55.6 Å². The van der Waals surface area contributed by atoms with E-state index in [1.807, 2.05) is 6.92 Å². The van der Waals surface area contributed by atoms with E-state index in [-0.39, 0.29) is 5.91 Å². The van der Waals surface area contributed by atoms with Gasteiger partial charge in [0.15, 0.2) is 0 Å². The summed E-state index contributed by atoms with van der Waals surface area (Å²) in [7, 11) is 0. The number of nitrogens with one attached hydrogen (secondary N) is 1. The van der Waals surface area contributed by atoms with Gasteiger partial charge in [-0.05, 0) is 65.0 Å². The summed E-state index contributed by atoms with van der Waals surface area (Å²) in [6, 6.07) is 9.46. The SMILES string of the molecule is CCOc1ccc(C(=O)N/N=C\c2cc(C)n(C(C)C)c2C)cc1. The average molecular weight is 327 g/mol. The summed E-state index contributed by atoms with van der Waals surface area (Å²) in [6.07, 6.45) is 1.69. The Balaban J connectivity index is 2.03. The highest BCUT2D eigenvalue weighted by Crippen LogP contribution is 2.18. The lowest BCUT2D eigenvalue weighted by atomic mass is 10.2. The van der Waals surface area contributed by atoms with Crippen molar-refractivity contribution >= 4 is 12.1 Å². The minimum absolute atomic E-state index is 0.244. The minimum Gasteiger partial charge on any atom is -0.494 e. The van der Waals surface area contributed by atoms with Crippen molar-refractivity contribution in [1.29, 1.82) is 0 Å². The number of rotatable bonds is 6. The van der Waals surface area contributed by atoms with Gasteiger partial charge in [0.2, 0.25) is 0 Å². The maximum Gasteiger partial charge on any atom is 0.271 e.